The highest BCUT2D eigenvalue weighted by Gasteiger charge is 2.19. The van der Waals surface area contributed by atoms with Crippen LogP contribution in [0.1, 0.15) is 393 Å². The molecule has 0 aliphatic heterocycles. The van der Waals surface area contributed by atoms with Crippen molar-refractivity contribution in [2.75, 3.05) is 13.2 Å². The van der Waals surface area contributed by atoms with Gasteiger partial charge in [0, 0.05) is 19.3 Å². The second kappa shape index (κ2) is 62.9. The third-order valence-electron chi connectivity index (χ3n) is 15.6. The van der Waals surface area contributed by atoms with Gasteiger partial charge in [0.2, 0.25) is 0 Å². The highest BCUT2D eigenvalue weighted by molar-refractivity contribution is 5.71. The summed E-state index contributed by atoms with van der Waals surface area (Å²) >= 11 is 0. The minimum absolute atomic E-state index is 0.0617. The maximum atomic E-state index is 12.8. The third kappa shape index (κ3) is 61.1. The lowest BCUT2D eigenvalue weighted by Gasteiger charge is -2.18. The molecule has 0 heterocycles. The summed E-state index contributed by atoms with van der Waals surface area (Å²) in [6.07, 6.45) is 73.1. The van der Waals surface area contributed by atoms with Gasteiger partial charge in [-0.2, -0.15) is 0 Å². The van der Waals surface area contributed by atoms with Crippen LogP contribution in [0.25, 0.3) is 0 Å². The first kappa shape index (κ1) is 71.4. The quantitative estimate of drug-likeness (QED) is 0.0343. The fraction of sp³-hybridized carbons (Fsp3) is 0.955. The molecule has 0 saturated heterocycles. The molecule has 0 aromatic heterocycles. The van der Waals surface area contributed by atoms with Crippen molar-refractivity contribution >= 4 is 17.9 Å². The number of carbonyl (C=O) groups excluding carboxylic acids is 3. The van der Waals surface area contributed by atoms with E-state index in [1.54, 1.807) is 0 Å². The average molecular weight is 1030 g/mol. The summed E-state index contributed by atoms with van der Waals surface area (Å²) in [7, 11) is 0. The predicted octanol–water partition coefficient (Wildman–Crippen LogP) is 22.7. The van der Waals surface area contributed by atoms with Crippen molar-refractivity contribution in [2.24, 2.45) is 0 Å². The minimum Gasteiger partial charge on any atom is -0.462 e. The molecule has 1 unspecified atom stereocenters. The topological polar surface area (TPSA) is 78.9 Å². The molecule has 0 aliphatic carbocycles. The van der Waals surface area contributed by atoms with E-state index in [-0.39, 0.29) is 31.1 Å². The van der Waals surface area contributed by atoms with Gasteiger partial charge in [-0.05, 0) is 19.3 Å². The van der Waals surface area contributed by atoms with Gasteiger partial charge in [0.1, 0.15) is 13.2 Å². The Balaban J connectivity index is 3.85. The molecule has 6 nitrogen and oxygen atoms in total. The van der Waals surface area contributed by atoms with Gasteiger partial charge in [-0.3, -0.25) is 14.4 Å². The van der Waals surface area contributed by atoms with Crippen LogP contribution in [0, 0.1) is 0 Å². The van der Waals surface area contributed by atoms with E-state index in [1.807, 2.05) is 0 Å². The molecule has 0 bridgehead atoms. The number of esters is 3. The highest BCUT2D eigenvalue weighted by atomic mass is 16.6. The van der Waals surface area contributed by atoms with Gasteiger partial charge in [-0.1, -0.05) is 355 Å². The van der Waals surface area contributed by atoms with E-state index in [0.717, 1.165) is 57.8 Å². The molecule has 0 rings (SSSR count). The number of carbonyl (C=O) groups is 3. The highest BCUT2D eigenvalue weighted by Crippen LogP contribution is 2.19. The van der Waals surface area contributed by atoms with Crippen molar-refractivity contribution in [1.82, 2.24) is 0 Å². The molecule has 6 heteroatoms. The van der Waals surface area contributed by atoms with Gasteiger partial charge in [-0.25, -0.2) is 0 Å². The van der Waals surface area contributed by atoms with Gasteiger partial charge in [-0.15, -0.1) is 0 Å². The molecule has 0 aliphatic rings. The number of ether oxygens (including phenoxy) is 3. The molecule has 0 aromatic carbocycles. The van der Waals surface area contributed by atoms with Crippen molar-refractivity contribution in [3.05, 3.63) is 0 Å². The Bertz CT molecular complexity index is 1090. The summed E-state index contributed by atoms with van der Waals surface area (Å²) in [5.41, 5.74) is 0. The first-order valence-electron chi connectivity index (χ1n) is 33.5. The molecule has 0 fully saturated rings. The Kier molecular flexibility index (Phi) is 61.6. The Morgan fingerprint density at radius 2 is 0.370 bits per heavy atom. The molecule has 0 aromatic rings. The fourth-order valence-corrected chi connectivity index (χ4v) is 10.6. The monoisotopic (exact) mass is 1030 g/mol. The molecule has 0 radical (unpaired) electrons. The van der Waals surface area contributed by atoms with Crippen molar-refractivity contribution in [2.45, 2.75) is 399 Å². The molecule has 0 amide bonds. The first-order valence-corrected chi connectivity index (χ1v) is 33.5. The van der Waals surface area contributed by atoms with E-state index in [9.17, 15) is 14.4 Å². The Morgan fingerprint density at radius 3 is 0.548 bits per heavy atom. The number of hydrogen-bond donors (Lipinski definition) is 0. The van der Waals surface area contributed by atoms with E-state index in [0.29, 0.717) is 19.3 Å². The zero-order valence-electron chi connectivity index (χ0n) is 50.0. The molecule has 73 heavy (non-hydrogen) atoms. The Labute approximate surface area is 457 Å². The number of unbranched alkanes of at least 4 members (excludes halogenated alkanes) is 52. The van der Waals surface area contributed by atoms with Gasteiger partial charge < -0.3 is 14.2 Å². The van der Waals surface area contributed by atoms with Crippen LogP contribution in [0.15, 0.2) is 0 Å². The van der Waals surface area contributed by atoms with Gasteiger partial charge in [0.05, 0.1) is 0 Å². The van der Waals surface area contributed by atoms with Crippen LogP contribution in [-0.2, 0) is 28.6 Å². The van der Waals surface area contributed by atoms with Gasteiger partial charge in [0.15, 0.2) is 6.10 Å². The fourth-order valence-electron chi connectivity index (χ4n) is 10.6. The molecule has 0 spiro atoms. The van der Waals surface area contributed by atoms with E-state index in [2.05, 4.69) is 20.8 Å². The van der Waals surface area contributed by atoms with Crippen molar-refractivity contribution in [3.63, 3.8) is 0 Å². The van der Waals surface area contributed by atoms with E-state index in [1.165, 1.54) is 295 Å². The summed E-state index contributed by atoms with van der Waals surface area (Å²) in [5, 5.41) is 0. The standard InChI is InChI=1S/C67H130O6/c1-4-7-10-13-16-19-22-23-24-25-26-27-28-29-30-31-32-33-34-35-36-37-38-39-40-41-42-43-44-45-46-49-51-54-57-60-66(69)72-63-64(73-67(70)61-58-55-52-48-21-18-15-12-9-6-3)62-71-65(68)59-56-53-50-47-20-17-14-11-8-5-2/h64H,4-63H2,1-3H3. The molecule has 0 N–H and O–H groups in total. The second-order valence-electron chi connectivity index (χ2n) is 23.1. The lowest BCUT2D eigenvalue weighted by molar-refractivity contribution is -0.167. The zero-order valence-corrected chi connectivity index (χ0v) is 50.0. The maximum Gasteiger partial charge on any atom is 0.306 e. The lowest BCUT2D eigenvalue weighted by Crippen LogP contribution is -2.30. The smallest absolute Gasteiger partial charge is 0.306 e. The van der Waals surface area contributed by atoms with Crippen LogP contribution >= 0.6 is 0 Å². The number of rotatable bonds is 63. The van der Waals surface area contributed by atoms with Gasteiger partial charge >= 0.3 is 17.9 Å². The van der Waals surface area contributed by atoms with Crippen LogP contribution < -0.4 is 0 Å². The summed E-state index contributed by atoms with van der Waals surface area (Å²) in [4.78, 5) is 38.0. The molecule has 1 atom stereocenters. The van der Waals surface area contributed by atoms with Crippen LogP contribution in [0.5, 0.6) is 0 Å². The third-order valence-corrected chi connectivity index (χ3v) is 15.6. The van der Waals surface area contributed by atoms with Crippen LogP contribution in [0.4, 0.5) is 0 Å². The summed E-state index contributed by atoms with van der Waals surface area (Å²) in [5.74, 6) is -0.838. The van der Waals surface area contributed by atoms with Crippen LogP contribution in [0.2, 0.25) is 0 Å². The molecular weight excluding hydrogens is 901 g/mol. The summed E-state index contributed by atoms with van der Waals surface area (Å²) < 4.78 is 16.8. The molecule has 434 valence electrons. The lowest BCUT2D eigenvalue weighted by atomic mass is 10.0. The summed E-state index contributed by atoms with van der Waals surface area (Å²) in [6.45, 7) is 6.68. The Hall–Kier alpha value is -1.59. The SMILES string of the molecule is CCCCCCCCCCCCCCCCCCCCCCCCCCCCCCCCCCCCCC(=O)OCC(COC(=O)CCCCCCCCCCCC)OC(=O)CCCCCCCCCCCC. The summed E-state index contributed by atoms with van der Waals surface area (Å²) in [6, 6.07) is 0. The predicted molar refractivity (Wildman–Crippen MR) is 317 cm³/mol. The van der Waals surface area contributed by atoms with Gasteiger partial charge in [0.25, 0.3) is 0 Å². The van der Waals surface area contributed by atoms with Crippen LogP contribution in [-0.4, -0.2) is 37.2 Å². The zero-order chi connectivity index (χ0) is 52.9. The second-order valence-corrected chi connectivity index (χ2v) is 23.1. The van der Waals surface area contributed by atoms with Crippen LogP contribution in [0.3, 0.4) is 0 Å². The van der Waals surface area contributed by atoms with E-state index < -0.39 is 6.10 Å². The first-order chi connectivity index (χ1) is 36.0. The maximum absolute atomic E-state index is 12.8. The number of hydrogen-bond acceptors (Lipinski definition) is 6. The molecule has 0 saturated carbocycles. The molecular formula is C67H130O6. The average Bonchev–Trinajstić information content (AvgIpc) is 3.39. The van der Waals surface area contributed by atoms with Crippen molar-refractivity contribution in [1.29, 1.82) is 0 Å². The largest absolute Gasteiger partial charge is 0.462 e. The normalized spacial score (nSPS) is 11.9. The Morgan fingerprint density at radius 1 is 0.219 bits per heavy atom. The van der Waals surface area contributed by atoms with E-state index in [4.69, 9.17) is 14.2 Å². The van der Waals surface area contributed by atoms with Crippen molar-refractivity contribution in [3.8, 4) is 0 Å². The minimum atomic E-state index is -0.760. The van der Waals surface area contributed by atoms with E-state index >= 15 is 0 Å². The van der Waals surface area contributed by atoms with Crippen molar-refractivity contribution < 1.29 is 28.6 Å².